The van der Waals surface area contributed by atoms with Crippen molar-refractivity contribution in [3.05, 3.63) is 0 Å². The Morgan fingerprint density at radius 1 is 1.40 bits per heavy atom. The summed E-state index contributed by atoms with van der Waals surface area (Å²) in [5, 5.41) is 2.62. The summed E-state index contributed by atoms with van der Waals surface area (Å²) in [5.74, 6) is -4.40. The highest BCUT2D eigenvalue weighted by Crippen LogP contribution is 2.34. The molecule has 1 aliphatic heterocycles. The van der Waals surface area contributed by atoms with Crippen molar-refractivity contribution < 1.29 is 13.6 Å². The van der Waals surface area contributed by atoms with Gasteiger partial charge in [0.1, 0.15) is 5.92 Å². The van der Waals surface area contributed by atoms with Crippen LogP contribution in [-0.2, 0) is 4.79 Å². The Labute approximate surface area is 87.8 Å². The molecule has 1 heterocycles. The summed E-state index contributed by atoms with van der Waals surface area (Å²) >= 11 is 0. The molecule has 0 spiro atoms. The lowest BCUT2D eigenvalue weighted by atomic mass is 9.92. The first-order chi connectivity index (χ1) is 7.02. The Balaban J connectivity index is 2.03. The number of nitrogens with one attached hydrogen (secondary N) is 1. The monoisotopic (exact) mass is 218 g/mol. The molecule has 1 aliphatic carbocycles. The van der Waals surface area contributed by atoms with Crippen LogP contribution < -0.4 is 5.32 Å². The number of piperidine rings is 1. The zero-order valence-corrected chi connectivity index (χ0v) is 8.80. The molecule has 1 saturated heterocycles. The van der Waals surface area contributed by atoms with Crippen LogP contribution in [0.1, 0.15) is 19.3 Å². The molecule has 0 bridgehead atoms. The Morgan fingerprint density at radius 3 is 2.60 bits per heavy atom. The van der Waals surface area contributed by atoms with Crippen molar-refractivity contribution in [2.24, 2.45) is 5.92 Å². The van der Waals surface area contributed by atoms with Crippen molar-refractivity contribution in [2.75, 3.05) is 20.1 Å². The molecule has 2 aliphatic rings. The van der Waals surface area contributed by atoms with Crippen molar-refractivity contribution in [3.8, 4) is 0 Å². The molecule has 1 amide bonds. The van der Waals surface area contributed by atoms with Gasteiger partial charge in [-0.2, -0.15) is 0 Å². The van der Waals surface area contributed by atoms with Gasteiger partial charge in [-0.3, -0.25) is 4.79 Å². The lowest BCUT2D eigenvalue weighted by Crippen LogP contribution is -2.52. The van der Waals surface area contributed by atoms with E-state index < -0.39 is 11.8 Å². The van der Waals surface area contributed by atoms with Crippen LogP contribution in [-0.4, -0.2) is 42.9 Å². The standard InChI is InChI=1S/C10H16F2N2O/c1-14(7-2-3-7)9(15)8-4-5-13-6-10(8,11)12/h7-8,13H,2-6H2,1H3. The van der Waals surface area contributed by atoms with Crippen molar-refractivity contribution in [3.63, 3.8) is 0 Å². The molecular weight excluding hydrogens is 202 g/mol. The maximum atomic E-state index is 13.5. The number of amides is 1. The summed E-state index contributed by atoms with van der Waals surface area (Å²) in [6.45, 7) is 0.131. The second kappa shape index (κ2) is 3.70. The van der Waals surface area contributed by atoms with E-state index in [1.165, 1.54) is 4.90 Å². The average Bonchev–Trinajstić information content (AvgIpc) is 2.98. The molecule has 1 N–H and O–H groups in total. The molecule has 1 saturated carbocycles. The topological polar surface area (TPSA) is 32.3 Å². The van der Waals surface area contributed by atoms with Crippen LogP contribution in [0.4, 0.5) is 8.78 Å². The summed E-state index contributed by atoms with van der Waals surface area (Å²) in [5.41, 5.74) is 0. The maximum Gasteiger partial charge on any atom is 0.271 e. The number of carbonyl (C=O) groups excluding carboxylic acids is 1. The Morgan fingerprint density at radius 2 is 2.07 bits per heavy atom. The summed E-state index contributed by atoms with van der Waals surface area (Å²) in [6.07, 6.45) is 2.15. The number of rotatable bonds is 2. The molecule has 1 atom stereocenters. The van der Waals surface area contributed by atoms with Crippen molar-refractivity contribution in [2.45, 2.75) is 31.2 Å². The van der Waals surface area contributed by atoms with Crippen LogP contribution in [0.15, 0.2) is 0 Å². The highest BCUT2D eigenvalue weighted by atomic mass is 19.3. The lowest BCUT2D eigenvalue weighted by molar-refractivity contribution is -0.152. The van der Waals surface area contributed by atoms with Gasteiger partial charge in [-0.1, -0.05) is 0 Å². The molecule has 0 aromatic heterocycles. The zero-order valence-electron chi connectivity index (χ0n) is 8.80. The number of halogens is 2. The van der Waals surface area contributed by atoms with Gasteiger partial charge in [0.05, 0.1) is 6.54 Å². The van der Waals surface area contributed by atoms with Crippen molar-refractivity contribution >= 4 is 5.91 Å². The largest absolute Gasteiger partial charge is 0.342 e. The van der Waals surface area contributed by atoms with E-state index in [4.69, 9.17) is 0 Å². The zero-order chi connectivity index (χ0) is 11.1. The SMILES string of the molecule is CN(C(=O)C1CCNCC1(F)F)C1CC1. The van der Waals surface area contributed by atoms with Gasteiger partial charge >= 0.3 is 0 Å². The van der Waals surface area contributed by atoms with Gasteiger partial charge in [0.2, 0.25) is 5.91 Å². The predicted molar refractivity (Wildman–Crippen MR) is 51.7 cm³/mol. The minimum Gasteiger partial charge on any atom is -0.342 e. The molecule has 0 aromatic carbocycles. The molecule has 0 radical (unpaired) electrons. The summed E-state index contributed by atoms with van der Waals surface area (Å²) in [4.78, 5) is 13.3. The first-order valence-corrected chi connectivity index (χ1v) is 5.37. The lowest BCUT2D eigenvalue weighted by Gasteiger charge is -2.33. The smallest absolute Gasteiger partial charge is 0.271 e. The van der Waals surface area contributed by atoms with Crippen molar-refractivity contribution in [1.82, 2.24) is 10.2 Å². The van der Waals surface area contributed by atoms with E-state index in [2.05, 4.69) is 5.32 Å². The highest BCUT2D eigenvalue weighted by Gasteiger charge is 2.48. The highest BCUT2D eigenvalue weighted by molar-refractivity contribution is 5.80. The fourth-order valence-corrected chi connectivity index (χ4v) is 2.03. The number of nitrogens with zero attached hydrogens (tertiary/aromatic N) is 1. The fraction of sp³-hybridized carbons (Fsp3) is 0.900. The Bertz CT molecular complexity index is 266. The van der Waals surface area contributed by atoms with E-state index in [1.54, 1.807) is 7.05 Å². The van der Waals surface area contributed by atoms with E-state index in [1.807, 2.05) is 0 Å². The number of hydrogen-bond acceptors (Lipinski definition) is 2. The van der Waals surface area contributed by atoms with Crippen LogP contribution in [0, 0.1) is 5.92 Å². The first-order valence-electron chi connectivity index (χ1n) is 5.37. The summed E-state index contributed by atoms with van der Waals surface area (Å²) in [6, 6.07) is 0.211. The molecular formula is C10H16F2N2O. The minimum absolute atomic E-state index is 0.211. The van der Waals surface area contributed by atoms with Gasteiger partial charge in [-0.05, 0) is 25.8 Å². The number of alkyl halides is 2. The quantitative estimate of drug-likeness (QED) is 0.745. The molecule has 2 fully saturated rings. The second-order valence-corrected chi connectivity index (χ2v) is 4.46. The molecule has 15 heavy (non-hydrogen) atoms. The second-order valence-electron chi connectivity index (χ2n) is 4.46. The fourth-order valence-electron chi connectivity index (χ4n) is 2.03. The van der Waals surface area contributed by atoms with Crippen LogP contribution in [0.3, 0.4) is 0 Å². The van der Waals surface area contributed by atoms with Crippen LogP contribution in [0.5, 0.6) is 0 Å². The molecule has 2 rings (SSSR count). The Kier molecular flexibility index (Phi) is 2.66. The third kappa shape index (κ3) is 2.12. The van der Waals surface area contributed by atoms with E-state index in [-0.39, 0.29) is 24.9 Å². The van der Waals surface area contributed by atoms with Crippen LogP contribution >= 0.6 is 0 Å². The molecule has 86 valence electrons. The molecule has 1 unspecified atom stereocenters. The molecule has 3 nitrogen and oxygen atoms in total. The molecule has 0 aromatic rings. The number of carbonyl (C=O) groups is 1. The summed E-state index contributed by atoms with van der Waals surface area (Å²) < 4.78 is 26.9. The average molecular weight is 218 g/mol. The third-order valence-corrected chi connectivity index (χ3v) is 3.22. The van der Waals surface area contributed by atoms with Crippen LogP contribution in [0.25, 0.3) is 0 Å². The van der Waals surface area contributed by atoms with Gasteiger partial charge < -0.3 is 10.2 Å². The van der Waals surface area contributed by atoms with Gasteiger partial charge in [0, 0.05) is 13.1 Å². The first kappa shape index (κ1) is 10.8. The van der Waals surface area contributed by atoms with Crippen molar-refractivity contribution in [1.29, 1.82) is 0 Å². The van der Waals surface area contributed by atoms with Gasteiger partial charge in [0.25, 0.3) is 5.92 Å². The number of hydrogen-bond donors (Lipinski definition) is 1. The van der Waals surface area contributed by atoms with Gasteiger partial charge in [-0.25, -0.2) is 8.78 Å². The summed E-state index contributed by atoms with van der Waals surface area (Å²) in [7, 11) is 1.64. The third-order valence-electron chi connectivity index (χ3n) is 3.22. The van der Waals surface area contributed by atoms with E-state index >= 15 is 0 Å². The van der Waals surface area contributed by atoms with E-state index in [0.29, 0.717) is 6.54 Å². The maximum absolute atomic E-state index is 13.5. The van der Waals surface area contributed by atoms with E-state index in [0.717, 1.165) is 12.8 Å². The van der Waals surface area contributed by atoms with Crippen LogP contribution in [0.2, 0.25) is 0 Å². The normalized spacial score (nSPS) is 29.9. The predicted octanol–water partition coefficient (Wildman–Crippen LogP) is 0.852. The van der Waals surface area contributed by atoms with Gasteiger partial charge in [-0.15, -0.1) is 0 Å². The van der Waals surface area contributed by atoms with E-state index in [9.17, 15) is 13.6 Å². The van der Waals surface area contributed by atoms with Gasteiger partial charge in [0.15, 0.2) is 0 Å². The minimum atomic E-state index is -2.89. The Hall–Kier alpha value is -0.710. The molecule has 5 heteroatoms.